The number of hydrogen-bond donors (Lipinski definition) is 3. The molecular formula is C21H35ClIN5O. The van der Waals surface area contributed by atoms with Crippen LogP contribution in [0.15, 0.2) is 29.3 Å². The summed E-state index contributed by atoms with van der Waals surface area (Å²) in [6.45, 7) is 10.0. The number of carbonyl (C=O) groups is 1. The minimum Gasteiger partial charge on any atom is -0.356 e. The monoisotopic (exact) mass is 535 g/mol. The van der Waals surface area contributed by atoms with Crippen molar-refractivity contribution in [2.45, 2.75) is 46.2 Å². The van der Waals surface area contributed by atoms with Crippen molar-refractivity contribution < 1.29 is 4.79 Å². The third kappa shape index (κ3) is 8.68. The van der Waals surface area contributed by atoms with E-state index in [1.54, 1.807) is 7.05 Å². The lowest BCUT2D eigenvalue weighted by Crippen LogP contribution is -2.51. The molecule has 1 aliphatic heterocycles. The van der Waals surface area contributed by atoms with Gasteiger partial charge in [0.25, 0.3) is 0 Å². The van der Waals surface area contributed by atoms with Crippen LogP contribution in [-0.2, 0) is 11.3 Å². The smallest absolute Gasteiger partial charge is 0.227 e. The molecule has 0 spiro atoms. The number of guanidine groups is 1. The fourth-order valence-corrected chi connectivity index (χ4v) is 3.38. The largest absolute Gasteiger partial charge is 0.356 e. The summed E-state index contributed by atoms with van der Waals surface area (Å²) in [6.07, 6.45) is 2.13. The van der Waals surface area contributed by atoms with Gasteiger partial charge in [0.05, 0.1) is 5.41 Å². The molecule has 0 saturated carbocycles. The molecule has 0 bridgehead atoms. The fraction of sp³-hybridized carbons (Fsp3) is 0.619. The molecule has 1 fully saturated rings. The minimum absolute atomic E-state index is 0. The summed E-state index contributed by atoms with van der Waals surface area (Å²) in [4.78, 5) is 18.9. The molecule has 0 aromatic heterocycles. The first-order valence-corrected chi connectivity index (χ1v) is 10.4. The van der Waals surface area contributed by atoms with Crippen molar-refractivity contribution in [3.8, 4) is 0 Å². The number of halogens is 2. The van der Waals surface area contributed by atoms with Gasteiger partial charge >= 0.3 is 0 Å². The number of aliphatic imine (C=N–C) groups is 1. The predicted octanol–water partition coefficient (Wildman–Crippen LogP) is 3.25. The third-order valence-corrected chi connectivity index (χ3v) is 5.37. The van der Waals surface area contributed by atoms with Gasteiger partial charge in [0, 0.05) is 50.8 Å². The molecule has 0 radical (unpaired) electrons. The Kier molecular flexibility index (Phi) is 11.3. The Balaban J connectivity index is 0.00000420. The lowest BCUT2D eigenvalue weighted by molar-refractivity contribution is -0.128. The normalized spacial score (nSPS) is 16.1. The molecule has 2 rings (SSSR count). The number of rotatable bonds is 7. The number of carbonyl (C=O) groups excluding carboxylic acids is 1. The molecule has 0 unspecified atom stereocenters. The SMILES string of the molecule is CCNC(=O)C(C)(C)CNC(=NC)NC1CCN(Cc2ccc(Cl)cc2)CC1.I. The zero-order valence-corrected chi connectivity index (χ0v) is 21.0. The van der Waals surface area contributed by atoms with E-state index < -0.39 is 5.41 Å². The van der Waals surface area contributed by atoms with E-state index in [9.17, 15) is 4.79 Å². The quantitative estimate of drug-likeness (QED) is 0.285. The number of benzene rings is 1. The molecule has 164 valence electrons. The van der Waals surface area contributed by atoms with E-state index in [0.29, 0.717) is 19.1 Å². The Morgan fingerprint density at radius 1 is 1.21 bits per heavy atom. The van der Waals surface area contributed by atoms with Gasteiger partial charge in [-0.1, -0.05) is 23.7 Å². The third-order valence-electron chi connectivity index (χ3n) is 5.12. The maximum Gasteiger partial charge on any atom is 0.227 e. The van der Waals surface area contributed by atoms with Crippen molar-refractivity contribution in [3.05, 3.63) is 34.9 Å². The standard InChI is InChI=1S/C21H34ClN5O.HI/c1-5-24-19(28)21(2,3)15-25-20(23-4)26-18-10-12-27(13-11-18)14-16-6-8-17(22)9-7-16;/h6-9,18H,5,10-15H2,1-4H3,(H,24,28)(H2,23,25,26);1H. The van der Waals surface area contributed by atoms with Crippen molar-refractivity contribution in [2.75, 3.05) is 33.2 Å². The fourth-order valence-electron chi connectivity index (χ4n) is 3.26. The topological polar surface area (TPSA) is 68.8 Å². The van der Waals surface area contributed by atoms with Crippen molar-refractivity contribution >= 4 is 47.4 Å². The molecule has 1 aliphatic rings. The second-order valence-electron chi connectivity index (χ2n) is 7.99. The number of piperidine rings is 1. The van der Waals surface area contributed by atoms with E-state index in [1.807, 2.05) is 32.9 Å². The van der Waals surface area contributed by atoms with Crippen LogP contribution >= 0.6 is 35.6 Å². The van der Waals surface area contributed by atoms with Crippen molar-refractivity contribution in [1.29, 1.82) is 0 Å². The van der Waals surface area contributed by atoms with E-state index in [1.165, 1.54) is 5.56 Å². The second kappa shape index (κ2) is 12.6. The highest BCUT2D eigenvalue weighted by Gasteiger charge is 2.27. The van der Waals surface area contributed by atoms with Gasteiger partial charge < -0.3 is 16.0 Å². The summed E-state index contributed by atoms with van der Waals surface area (Å²) in [5.74, 6) is 0.807. The average Bonchev–Trinajstić information content (AvgIpc) is 2.68. The van der Waals surface area contributed by atoms with Gasteiger partial charge in [-0.05, 0) is 51.3 Å². The minimum atomic E-state index is -0.491. The summed E-state index contributed by atoms with van der Waals surface area (Å²) in [6, 6.07) is 8.47. The second-order valence-corrected chi connectivity index (χ2v) is 8.43. The molecule has 1 heterocycles. The van der Waals surface area contributed by atoms with Crippen LogP contribution in [0.5, 0.6) is 0 Å². The molecule has 8 heteroatoms. The Hall–Kier alpha value is -1.06. The van der Waals surface area contributed by atoms with Crippen LogP contribution in [0.1, 0.15) is 39.2 Å². The molecule has 1 saturated heterocycles. The van der Waals surface area contributed by atoms with Crippen molar-refractivity contribution in [3.63, 3.8) is 0 Å². The number of nitrogens with one attached hydrogen (secondary N) is 3. The summed E-state index contributed by atoms with van der Waals surface area (Å²) in [5, 5.41) is 10.5. The van der Waals surface area contributed by atoms with Gasteiger partial charge in [0.2, 0.25) is 5.91 Å². The predicted molar refractivity (Wildman–Crippen MR) is 132 cm³/mol. The molecule has 1 amide bonds. The van der Waals surface area contributed by atoms with Crippen LogP contribution in [-0.4, -0.2) is 56.0 Å². The summed E-state index contributed by atoms with van der Waals surface area (Å²) >= 11 is 5.96. The lowest BCUT2D eigenvalue weighted by Gasteiger charge is -2.33. The van der Waals surface area contributed by atoms with E-state index in [4.69, 9.17) is 11.6 Å². The van der Waals surface area contributed by atoms with Crippen LogP contribution in [0.4, 0.5) is 0 Å². The first-order chi connectivity index (χ1) is 13.3. The summed E-state index contributed by atoms with van der Waals surface area (Å²) < 4.78 is 0. The van der Waals surface area contributed by atoms with Crippen LogP contribution in [0, 0.1) is 5.41 Å². The van der Waals surface area contributed by atoms with Crippen LogP contribution in [0.3, 0.4) is 0 Å². The summed E-state index contributed by atoms with van der Waals surface area (Å²) in [5.41, 5.74) is 0.802. The van der Waals surface area contributed by atoms with Crippen LogP contribution < -0.4 is 16.0 Å². The van der Waals surface area contributed by atoms with Crippen LogP contribution in [0.25, 0.3) is 0 Å². The molecule has 29 heavy (non-hydrogen) atoms. The van der Waals surface area contributed by atoms with Gasteiger partial charge in [-0.25, -0.2) is 0 Å². The van der Waals surface area contributed by atoms with Gasteiger partial charge in [-0.3, -0.25) is 14.7 Å². The van der Waals surface area contributed by atoms with E-state index in [2.05, 4.69) is 38.0 Å². The number of hydrogen-bond acceptors (Lipinski definition) is 3. The van der Waals surface area contributed by atoms with E-state index in [-0.39, 0.29) is 29.9 Å². The molecule has 3 N–H and O–H groups in total. The average molecular weight is 536 g/mol. The highest BCUT2D eigenvalue weighted by Crippen LogP contribution is 2.16. The number of amides is 1. The number of likely N-dealkylation sites (tertiary alicyclic amines) is 1. The molecule has 0 atom stereocenters. The Morgan fingerprint density at radius 3 is 2.38 bits per heavy atom. The summed E-state index contributed by atoms with van der Waals surface area (Å²) in [7, 11) is 1.77. The van der Waals surface area contributed by atoms with Gasteiger partial charge in [0.15, 0.2) is 5.96 Å². The lowest BCUT2D eigenvalue weighted by atomic mass is 9.92. The molecule has 1 aromatic carbocycles. The molecule has 0 aliphatic carbocycles. The molecule has 1 aromatic rings. The Morgan fingerprint density at radius 2 is 1.83 bits per heavy atom. The van der Waals surface area contributed by atoms with Gasteiger partial charge in [0.1, 0.15) is 0 Å². The first-order valence-electron chi connectivity index (χ1n) is 10.1. The zero-order chi connectivity index (χ0) is 20.6. The van der Waals surface area contributed by atoms with Crippen molar-refractivity contribution in [2.24, 2.45) is 10.4 Å². The Bertz CT molecular complexity index is 658. The molecule has 6 nitrogen and oxygen atoms in total. The maximum absolute atomic E-state index is 12.1. The highest BCUT2D eigenvalue weighted by atomic mass is 127. The Labute approximate surface area is 197 Å². The molecular weight excluding hydrogens is 501 g/mol. The van der Waals surface area contributed by atoms with Gasteiger partial charge in [-0.2, -0.15) is 0 Å². The maximum atomic E-state index is 12.1. The van der Waals surface area contributed by atoms with Crippen LogP contribution in [0.2, 0.25) is 5.02 Å². The van der Waals surface area contributed by atoms with E-state index in [0.717, 1.165) is 43.5 Å². The highest BCUT2D eigenvalue weighted by molar-refractivity contribution is 14.0. The van der Waals surface area contributed by atoms with E-state index >= 15 is 0 Å². The van der Waals surface area contributed by atoms with Gasteiger partial charge in [-0.15, -0.1) is 24.0 Å². The number of nitrogens with zero attached hydrogens (tertiary/aromatic N) is 2. The van der Waals surface area contributed by atoms with Crippen molar-refractivity contribution in [1.82, 2.24) is 20.9 Å². The zero-order valence-electron chi connectivity index (χ0n) is 17.9. The first kappa shape index (κ1) is 26.0.